The summed E-state index contributed by atoms with van der Waals surface area (Å²) in [6.07, 6.45) is 0. The number of halogens is 3. The molecule has 0 unspecified atom stereocenters. The molecule has 0 amide bonds. The Morgan fingerprint density at radius 3 is 1.50 bits per heavy atom. The van der Waals surface area contributed by atoms with Crippen LogP contribution in [0.5, 0.6) is 0 Å². The Hall–Kier alpha value is 0.400. The summed E-state index contributed by atoms with van der Waals surface area (Å²) < 4.78 is 0. The molecule has 0 aromatic carbocycles. The second kappa shape index (κ2) is 3.43. The van der Waals surface area contributed by atoms with E-state index in [1.165, 1.54) is 0 Å². The molecule has 0 heterocycles. The van der Waals surface area contributed by atoms with E-state index in [1.54, 1.807) is 0 Å². The van der Waals surface area contributed by atoms with Crippen LogP contribution >= 0.6 is 39.1 Å². The van der Waals surface area contributed by atoms with Gasteiger partial charge >= 0.3 is 0 Å². The Balaban J connectivity index is 3.83. The maximum atomic E-state index is 10.00. The highest BCUT2D eigenvalue weighted by molar-refractivity contribution is 9.10. The maximum Gasteiger partial charge on any atom is 0.244 e. The van der Waals surface area contributed by atoms with Gasteiger partial charge in [0.2, 0.25) is 10.5 Å². The van der Waals surface area contributed by atoms with Crippen molar-refractivity contribution in [2.24, 2.45) is 0 Å². The van der Waals surface area contributed by atoms with E-state index in [0.29, 0.717) is 0 Å². The van der Waals surface area contributed by atoms with Crippen molar-refractivity contribution in [3.05, 3.63) is 0 Å². The predicted molar refractivity (Wildman–Crippen MR) is 34.4 cm³/mol. The van der Waals surface area contributed by atoms with E-state index in [-0.39, 0.29) is 0 Å². The van der Waals surface area contributed by atoms with Crippen LogP contribution in [0.25, 0.3) is 0 Å². The predicted octanol–water partition coefficient (Wildman–Crippen LogP) is 1.28. The van der Waals surface area contributed by atoms with Crippen molar-refractivity contribution in [2.45, 2.75) is 4.83 Å². The fraction of sp³-hybridized carbons (Fsp3) is 0.333. The summed E-state index contributed by atoms with van der Waals surface area (Å²) in [5.41, 5.74) is 0. The van der Waals surface area contributed by atoms with E-state index in [0.717, 1.165) is 0 Å². The first-order chi connectivity index (χ1) is 3.55. The van der Waals surface area contributed by atoms with Gasteiger partial charge in [0.05, 0.1) is 0 Å². The van der Waals surface area contributed by atoms with Crippen LogP contribution in [-0.2, 0) is 9.59 Å². The summed E-state index contributed by atoms with van der Waals surface area (Å²) in [6.45, 7) is 0. The van der Waals surface area contributed by atoms with E-state index in [9.17, 15) is 9.59 Å². The van der Waals surface area contributed by atoms with Crippen LogP contribution in [0.1, 0.15) is 0 Å². The minimum absolute atomic E-state index is 0.801. The molecule has 0 saturated carbocycles. The number of carbonyl (C=O) groups excluding carboxylic acids is 2. The molecule has 0 bridgehead atoms. The third-order valence-electron chi connectivity index (χ3n) is 0.399. The molecule has 0 saturated heterocycles. The highest BCUT2D eigenvalue weighted by Crippen LogP contribution is 2.07. The van der Waals surface area contributed by atoms with Gasteiger partial charge in [-0.15, -0.1) is 0 Å². The average molecular weight is 220 g/mol. The van der Waals surface area contributed by atoms with Crippen LogP contribution in [-0.4, -0.2) is 15.3 Å². The molecule has 0 aromatic rings. The molecule has 46 valence electrons. The Labute approximate surface area is 64.3 Å². The van der Waals surface area contributed by atoms with Crippen LogP contribution in [0.4, 0.5) is 0 Å². The zero-order valence-corrected chi connectivity index (χ0v) is 6.63. The first-order valence-corrected chi connectivity index (χ1v) is 3.25. The quantitative estimate of drug-likeness (QED) is 0.399. The maximum absolute atomic E-state index is 10.00. The van der Waals surface area contributed by atoms with E-state index in [2.05, 4.69) is 15.9 Å². The van der Waals surface area contributed by atoms with Gasteiger partial charge in [0.25, 0.3) is 0 Å². The molecule has 0 aliphatic heterocycles. The summed E-state index contributed by atoms with van der Waals surface area (Å²) >= 11 is 12.3. The molecule has 0 radical (unpaired) electrons. The lowest BCUT2D eigenvalue weighted by atomic mass is 10.5. The van der Waals surface area contributed by atoms with Crippen molar-refractivity contribution >= 4 is 49.6 Å². The molecule has 0 aromatic heterocycles. The van der Waals surface area contributed by atoms with Crippen LogP contribution in [0.15, 0.2) is 0 Å². The second-order valence-corrected chi connectivity index (χ2v) is 2.63. The van der Waals surface area contributed by atoms with Crippen LogP contribution < -0.4 is 0 Å². The Morgan fingerprint density at radius 2 is 1.50 bits per heavy atom. The molecule has 0 fully saturated rings. The fourth-order valence-electron chi connectivity index (χ4n) is 0.0892. The molecule has 0 aliphatic rings. The third kappa shape index (κ3) is 2.64. The Bertz CT molecular complexity index is 110. The van der Waals surface area contributed by atoms with Crippen molar-refractivity contribution in [3.63, 3.8) is 0 Å². The molecule has 0 spiro atoms. The zero-order valence-electron chi connectivity index (χ0n) is 3.53. The third-order valence-corrected chi connectivity index (χ3v) is 2.19. The van der Waals surface area contributed by atoms with Gasteiger partial charge in [0.1, 0.15) is 0 Å². The lowest BCUT2D eigenvalue weighted by molar-refractivity contribution is -0.117. The van der Waals surface area contributed by atoms with Gasteiger partial charge in [0.15, 0.2) is 4.83 Å². The SMILES string of the molecule is O=C(Cl)C(Br)C(=O)Cl. The largest absolute Gasteiger partial charge is 0.279 e. The molecule has 0 atom stereocenters. The van der Waals surface area contributed by atoms with Crippen molar-refractivity contribution in [2.75, 3.05) is 0 Å². The molecule has 0 N–H and O–H groups in total. The van der Waals surface area contributed by atoms with E-state index >= 15 is 0 Å². The number of alkyl halides is 1. The molecule has 0 rings (SSSR count). The second-order valence-electron chi connectivity index (χ2n) is 0.971. The molecule has 8 heavy (non-hydrogen) atoms. The van der Waals surface area contributed by atoms with E-state index in [1.807, 2.05) is 0 Å². The molecular formula is C3HBrCl2O2. The molecule has 0 aliphatic carbocycles. The fourth-order valence-corrected chi connectivity index (χ4v) is 0.343. The number of hydrogen-bond donors (Lipinski definition) is 0. The van der Waals surface area contributed by atoms with Crippen molar-refractivity contribution < 1.29 is 9.59 Å². The minimum atomic E-state index is -1.06. The van der Waals surface area contributed by atoms with Gasteiger partial charge in [-0.1, -0.05) is 15.9 Å². The molecule has 5 heteroatoms. The topological polar surface area (TPSA) is 34.1 Å². The first-order valence-electron chi connectivity index (χ1n) is 1.58. The van der Waals surface area contributed by atoms with Crippen LogP contribution in [0, 0.1) is 0 Å². The van der Waals surface area contributed by atoms with Gasteiger partial charge in [-0.2, -0.15) is 0 Å². The van der Waals surface area contributed by atoms with Crippen molar-refractivity contribution in [1.29, 1.82) is 0 Å². The Kier molecular flexibility index (Phi) is 3.60. The number of hydrogen-bond acceptors (Lipinski definition) is 2. The van der Waals surface area contributed by atoms with Gasteiger partial charge in [-0.25, -0.2) is 0 Å². The standard InChI is InChI=1S/C3HBrCl2O2/c4-1(2(5)7)3(6)8/h1H. The minimum Gasteiger partial charge on any atom is -0.279 e. The summed E-state index contributed by atoms with van der Waals surface area (Å²) in [7, 11) is 0. The molecule has 2 nitrogen and oxygen atoms in total. The summed E-state index contributed by atoms with van der Waals surface area (Å²) in [5.74, 6) is 0. The summed E-state index contributed by atoms with van der Waals surface area (Å²) in [4.78, 5) is 18.9. The first kappa shape index (κ1) is 8.40. The lowest BCUT2D eigenvalue weighted by Crippen LogP contribution is -2.14. The van der Waals surface area contributed by atoms with Gasteiger partial charge in [0, 0.05) is 0 Å². The summed E-state index contributed by atoms with van der Waals surface area (Å²) in [6, 6.07) is 0. The highest BCUT2D eigenvalue weighted by Gasteiger charge is 2.18. The lowest BCUT2D eigenvalue weighted by Gasteiger charge is -1.91. The van der Waals surface area contributed by atoms with E-state index < -0.39 is 15.3 Å². The van der Waals surface area contributed by atoms with Crippen LogP contribution in [0.3, 0.4) is 0 Å². The number of carbonyl (C=O) groups is 2. The van der Waals surface area contributed by atoms with Gasteiger partial charge in [-0.05, 0) is 23.2 Å². The number of rotatable bonds is 2. The monoisotopic (exact) mass is 218 g/mol. The highest BCUT2D eigenvalue weighted by atomic mass is 79.9. The smallest absolute Gasteiger partial charge is 0.244 e. The normalized spacial score (nSPS) is 9.50. The van der Waals surface area contributed by atoms with Crippen LogP contribution in [0.2, 0.25) is 0 Å². The molecular weight excluding hydrogens is 219 g/mol. The Morgan fingerprint density at radius 1 is 1.25 bits per heavy atom. The average Bonchev–Trinajstić information content (AvgIpc) is 1.64. The van der Waals surface area contributed by atoms with Gasteiger partial charge < -0.3 is 0 Å². The van der Waals surface area contributed by atoms with E-state index in [4.69, 9.17) is 23.2 Å². The van der Waals surface area contributed by atoms with Crippen molar-refractivity contribution in [1.82, 2.24) is 0 Å². The van der Waals surface area contributed by atoms with Crippen molar-refractivity contribution in [3.8, 4) is 0 Å². The zero-order chi connectivity index (χ0) is 6.73. The summed E-state index contributed by atoms with van der Waals surface area (Å²) in [5, 5.41) is -1.60. The van der Waals surface area contributed by atoms with Gasteiger partial charge in [-0.3, -0.25) is 9.59 Å².